The molecule has 142 valence electrons. The molecule has 0 atom stereocenters. The van der Waals surface area contributed by atoms with Gasteiger partial charge >= 0.3 is 0 Å². The molecule has 0 radical (unpaired) electrons. The van der Waals surface area contributed by atoms with Crippen molar-refractivity contribution in [3.05, 3.63) is 71.8 Å². The zero-order valence-electron chi connectivity index (χ0n) is 17.0. The van der Waals surface area contributed by atoms with E-state index in [9.17, 15) is 0 Å². The smallest absolute Gasteiger partial charge is 0.122 e. The van der Waals surface area contributed by atoms with Crippen molar-refractivity contribution in [3.63, 3.8) is 0 Å². The maximum absolute atomic E-state index is 6.01. The van der Waals surface area contributed by atoms with Gasteiger partial charge in [0.05, 0.1) is 6.61 Å². The molecule has 0 heterocycles. The van der Waals surface area contributed by atoms with Crippen LogP contribution >= 0.6 is 0 Å². The third-order valence-electron chi connectivity index (χ3n) is 5.15. The molecule has 0 saturated heterocycles. The average Bonchev–Trinajstić information content (AvgIpc) is 2.66. The van der Waals surface area contributed by atoms with E-state index in [2.05, 4.69) is 93.7 Å². The molecule has 0 aliphatic carbocycles. The first-order valence-corrected chi connectivity index (χ1v) is 9.86. The quantitative estimate of drug-likeness (QED) is 0.448. The fourth-order valence-electron chi connectivity index (χ4n) is 3.40. The molecule has 27 heavy (non-hydrogen) atoms. The fraction of sp³-hybridized carbons (Fsp3) is 0.360. The van der Waals surface area contributed by atoms with Crippen LogP contribution in [0.1, 0.15) is 37.8 Å². The number of fused-ring (bicyclic) bond motifs is 1. The third-order valence-corrected chi connectivity index (χ3v) is 5.15. The summed E-state index contributed by atoms with van der Waals surface area (Å²) in [6, 6.07) is 21.4. The molecule has 3 rings (SSSR count). The highest BCUT2D eigenvalue weighted by Crippen LogP contribution is 2.27. The topological polar surface area (TPSA) is 21.3 Å². The van der Waals surface area contributed by atoms with Gasteiger partial charge in [0, 0.05) is 17.6 Å². The van der Waals surface area contributed by atoms with Crippen molar-refractivity contribution in [2.45, 2.75) is 40.5 Å². The summed E-state index contributed by atoms with van der Waals surface area (Å²) in [6.45, 7) is 10.6. The Hall–Kier alpha value is -2.48. The number of ether oxygens (including phenoxy) is 1. The molecule has 0 aliphatic rings. The first-order valence-electron chi connectivity index (χ1n) is 9.86. The molecule has 0 aromatic heterocycles. The predicted octanol–water partition coefficient (Wildman–Crippen LogP) is 6.75. The van der Waals surface area contributed by atoms with E-state index in [4.69, 9.17) is 4.74 Å². The maximum Gasteiger partial charge on any atom is 0.122 e. The van der Waals surface area contributed by atoms with Crippen LogP contribution in [0.3, 0.4) is 0 Å². The lowest BCUT2D eigenvalue weighted by molar-refractivity contribution is 0.263. The van der Waals surface area contributed by atoms with Crippen LogP contribution in [0, 0.1) is 19.3 Å². The first-order chi connectivity index (χ1) is 12.9. The van der Waals surface area contributed by atoms with Crippen molar-refractivity contribution in [1.82, 2.24) is 0 Å². The van der Waals surface area contributed by atoms with E-state index in [0.29, 0.717) is 0 Å². The van der Waals surface area contributed by atoms with E-state index >= 15 is 0 Å². The fourth-order valence-corrected chi connectivity index (χ4v) is 3.40. The Morgan fingerprint density at radius 3 is 2.56 bits per heavy atom. The van der Waals surface area contributed by atoms with Gasteiger partial charge in [-0.2, -0.15) is 0 Å². The molecule has 0 aliphatic heterocycles. The zero-order valence-corrected chi connectivity index (χ0v) is 17.0. The summed E-state index contributed by atoms with van der Waals surface area (Å²) in [6.07, 6.45) is 2.17. The number of nitrogens with one attached hydrogen (secondary N) is 1. The monoisotopic (exact) mass is 361 g/mol. The molecule has 0 bridgehead atoms. The van der Waals surface area contributed by atoms with Crippen LogP contribution in [0.4, 0.5) is 5.69 Å². The highest BCUT2D eigenvalue weighted by molar-refractivity contribution is 5.93. The second kappa shape index (κ2) is 8.47. The average molecular weight is 362 g/mol. The minimum atomic E-state index is 0.210. The maximum atomic E-state index is 6.01. The van der Waals surface area contributed by atoms with Gasteiger partial charge in [-0.25, -0.2) is 0 Å². The van der Waals surface area contributed by atoms with Gasteiger partial charge in [0.1, 0.15) is 5.75 Å². The van der Waals surface area contributed by atoms with Crippen molar-refractivity contribution in [2.24, 2.45) is 5.41 Å². The molecule has 0 amide bonds. The van der Waals surface area contributed by atoms with Gasteiger partial charge in [-0.15, -0.1) is 0 Å². The summed E-state index contributed by atoms with van der Waals surface area (Å²) >= 11 is 0. The summed E-state index contributed by atoms with van der Waals surface area (Å²) in [4.78, 5) is 0. The minimum absolute atomic E-state index is 0.210. The number of hydrogen-bond donors (Lipinski definition) is 1. The summed E-state index contributed by atoms with van der Waals surface area (Å²) in [5.74, 6) is 1.02. The van der Waals surface area contributed by atoms with E-state index in [0.717, 1.165) is 31.7 Å². The van der Waals surface area contributed by atoms with Gasteiger partial charge in [-0.3, -0.25) is 0 Å². The Balaban J connectivity index is 1.50. The lowest BCUT2D eigenvalue weighted by atomic mass is 9.87. The van der Waals surface area contributed by atoms with E-state index in [1.165, 1.54) is 27.6 Å². The third kappa shape index (κ3) is 5.26. The molecule has 2 heteroatoms. The van der Waals surface area contributed by atoms with Crippen molar-refractivity contribution in [3.8, 4) is 5.75 Å². The van der Waals surface area contributed by atoms with Gasteiger partial charge in [0.25, 0.3) is 0 Å². The van der Waals surface area contributed by atoms with Crippen molar-refractivity contribution in [1.29, 1.82) is 0 Å². The van der Waals surface area contributed by atoms with E-state index in [-0.39, 0.29) is 5.41 Å². The Kier molecular flexibility index (Phi) is 6.05. The summed E-state index contributed by atoms with van der Waals surface area (Å²) < 4.78 is 6.01. The molecular formula is C25H31NO. The molecular weight excluding hydrogens is 330 g/mol. The number of rotatable bonds is 8. The van der Waals surface area contributed by atoms with Crippen LogP contribution in [-0.4, -0.2) is 13.2 Å². The SMILES string of the molecule is Cc1ccc(C)c(OCCCC(C)(C)CNc2cccc3ccccc23)c1. The number of hydrogen-bond acceptors (Lipinski definition) is 2. The second-order valence-corrected chi connectivity index (χ2v) is 8.27. The Morgan fingerprint density at radius 2 is 1.70 bits per heavy atom. The van der Waals surface area contributed by atoms with Crippen molar-refractivity contribution < 1.29 is 4.74 Å². The lowest BCUT2D eigenvalue weighted by Gasteiger charge is -2.26. The number of benzene rings is 3. The van der Waals surface area contributed by atoms with E-state index in [1.54, 1.807) is 0 Å². The first kappa shape index (κ1) is 19.3. The molecule has 0 fully saturated rings. The number of anilines is 1. The summed E-state index contributed by atoms with van der Waals surface area (Å²) in [7, 11) is 0. The van der Waals surface area contributed by atoms with Gasteiger partial charge in [-0.05, 0) is 60.7 Å². The van der Waals surface area contributed by atoms with Gasteiger partial charge in [0.15, 0.2) is 0 Å². The van der Waals surface area contributed by atoms with Gasteiger partial charge < -0.3 is 10.1 Å². The van der Waals surface area contributed by atoms with Crippen LogP contribution in [0.5, 0.6) is 5.75 Å². The molecule has 3 aromatic rings. The zero-order chi connectivity index (χ0) is 19.3. The van der Waals surface area contributed by atoms with Crippen LogP contribution in [0.2, 0.25) is 0 Å². The van der Waals surface area contributed by atoms with Gasteiger partial charge in [-0.1, -0.05) is 62.4 Å². The molecule has 1 N–H and O–H groups in total. The van der Waals surface area contributed by atoms with Gasteiger partial charge in [0.2, 0.25) is 0 Å². The second-order valence-electron chi connectivity index (χ2n) is 8.27. The van der Waals surface area contributed by atoms with E-state index < -0.39 is 0 Å². The normalized spacial score (nSPS) is 11.6. The van der Waals surface area contributed by atoms with Crippen LogP contribution in [0.25, 0.3) is 10.8 Å². The largest absolute Gasteiger partial charge is 0.493 e. The Morgan fingerprint density at radius 1 is 0.926 bits per heavy atom. The molecule has 3 aromatic carbocycles. The number of aryl methyl sites for hydroxylation is 2. The standard InChI is InChI=1S/C25H31NO/c1-19-13-14-20(2)24(17-19)27-16-8-15-25(3,4)18-26-23-12-7-10-21-9-5-6-11-22(21)23/h5-7,9-14,17,26H,8,15-16,18H2,1-4H3. The van der Waals surface area contributed by atoms with Crippen LogP contribution in [-0.2, 0) is 0 Å². The van der Waals surface area contributed by atoms with Crippen LogP contribution < -0.4 is 10.1 Å². The van der Waals surface area contributed by atoms with Crippen LogP contribution in [0.15, 0.2) is 60.7 Å². The lowest BCUT2D eigenvalue weighted by Crippen LogP contribution is -2.23. The highest BCUT2D eigenvalue weighted by atomic mass is 16.5. The van der Waals surface area contributed by atoms with Crippen molar-refractivity contribution in [2.75, 3.05) is 18.5 Å². The Bertz CT molecular complexity index is 892. The highest BCUT2D eigenvalue weighted by Gasteiger charge is 2.18. The van der Waals surface area contributed by atoms with Crippen molar-refractivity contribution >= 4 is 16.5 Å². The minimum Gasteiger partial charge on any atom is -0.493 e. The molecule has 0 spiro atoms. The summed E-state index contributed by atoms with van der Waals surface area (Å²) in [5, 5.41) is 6.23. The summed E-state index contributed by atoms with van der Waals surface area (Å²) in [5.41, 5.74) is 3.88. The predicted molar refractivity (Wildman–Crippen MR) is 117 cm³/mol. The van der Waals surface area contributed by atoms with E-state index in [1.807, 2.05) is 0 Å². The molecule has 2 nitrogen and oxygen atoms in total. The Labute approximate surface area is 163 Å². The molecule has 0 saturated carbocycles. The molecule has 0 unspecified atom stereocenters.